The van der Waals surface area contributed by atoms with Crippen molar-refractivity contribution in [3.63, 3.8) is 0 Å². The third kappa shape index (κ3) is 5.16. The summed E-state index contributed by atoms with van der Waals surface area (Å²) in [6.45, 7) is 3.41. The van der Waals surface area contributed by atoms with Crippen LogP contribution in [-0.4, -0.2) is 65.6 Å². The molecule has 0 radical (unpaired) electrons. The summed E-state index contributed by atoms with van der Waals surface area (Å²) in [5.74, 6) is -2.73. The molecule has 0 aromatic carbocycles. The van der Waals surface area contributed by atoms with Crippen LogP contribution in [0.25, 0.3) is 0 Å². The van der Waals surface area contributed by atoms with Gasteiger partial charge in [0.05, 0.1) is 7.11 Å². The van der Waals surface area contributed by atoms with Crippen LogP contribution >= 0.6 is 22.9 Å². The summed E-state index contributed by atoms with van der Waals surface area (Å²) in [7, 11) is 1.17. The van der Waals surface area contributed by atoms with E-state index in [0.29, 0.717) is 0 Å². The molecule has 0 unspecified atom stereocenters. The highest BCUT2D eigenvalue weighted by molar-refractivity contribution is 7.14. The highest BCUT2D eigenvalue weighted by atomic mass is 35.5. The second-order valence-electron chi connectivity index (χ2n) is 5.77. The molecule has 1 aromatic heterocycles. The molecule has 1 fully saturated rings. The average Bonchev–Trinajstić information content (AvgIpc) is 3.11. The number of nitrogens with one attached hydrogen (secondary N) is 3. The number of anilines is 1. The number of rotatable bonds is 8. The molecule has 0 bridgehead atoms. The Morgan fingerprint density at radius 1 is 1.43 bits per heavy atom. The molecule has 152 valence electrons. The topological polar surface area (TPSA) is 148 Å². The summed E-state index contributed by atoms with van der Waals surface area (Å²) in [5, 5.41) is 12.7. The first kappa shape index (κ1) is 21.6. The summed E-state index contributed by atoms with van der Waals surface area (Å²) < 4.78 is 4.57. The SMILES string of the molecule is COC(=O)[C@H]1NC(=O)[C@H]1NC(=O)C(=NOC(C)C)c1csc(NC(=O)CCl)n1. The minimum atomic E-state index is -1.11. The Morgan fingerprint density at radius 2 is 2.14 bits per heavy atom. The maximum Gasteiger partial charge on any atom is 0.331 e. The van der Waals surface area contributed by atoms with Crippen LogP contribution in [0.4, 0.5) is 5.13 Å². The van der Waals surface area contributed by atoms with Crippen molar-refractivity contribution in [3.05, 3.63) is 11.1 Å². The van der Waals surface area contributed by atoms with Crippen LogP contribution in [0.3, 0.4) is 0 Å². The first-order valence-electron chi connectivity index (χ1n) is 8.01. The van der Waals surface area contributed by atoms with Crippen LogP contribution < -0.4 is 16.0 Å². The van der Waals surface area contributed by atoms with E-state index in [2.05, 4.69) is 30.8 Å². The number of oxime groups is 1. The lowest BCUT2D eigenvalue weighted by Gasteiger charge is -2.34. The summed E-state index contributed by atoms with van der Waals surface area (Å²) in [6, 6.07) is -2.11. The van der Waals surface area contributed by atoms with Gasteiger partial charge in [0.1, 0.15) is 23.7 Å². The number of hydrogen-bond acceptors (Lipinski definition) is 9. The largest absolute Gasteiger partial charge is 0.467 e. The minimum Gasteiger partial charge on any atom is -0.467 e. The molecular formula is C15H18ClN5O6S. The lowest BCUT2D eigenvalue weighted by molar-refractivity contribution is -0.153. The fourth-order valence-electron chi connectivity index (χ4n) is 2.02. The molecule has 28 heavy (non-hydrogen) atoms. The van der Waals surface area contributed by atoms with Crippen LogP contribution in [0.2, 0.25) is 0 Å². The van der Waals surface area contributed by atoms with Crippen LogP contribution in [-0.2, 0) is 28.8 Å². The third-order valence-electron chi connectivity index (χ3n) is 3.34. The van der Waals surface area contributed by atoms with Gasteiger partial charge in [-0.1, -0.05) is 5.16 Å². The highest BCUT2D eigenvalue weighted by Gasteiger charge is 2.46. The number of thiazole rings is 1. The second kappa shape index (κ2) is 9.46. The molecule has 2 rings (SSSR count). The third-order valence-corrected chi connectivity index (χ3v) is 4.34. The Hall–Kier alpha value is -2.73. The van der Waals surface area contributed by atoms with Crippen LogP contribution in [0.5, 0.6) is 0 Å². The van der Waals surface area contributed by atoms with Gasteiger partial charge in [-0.3, -0.25) is 14.4 Å². The van der Waals surface area contributed by atoms with Gasteiger partial charge in [0.15, 0.2) is 16.9 Å². The molecule has 0 spiro atoms. The molecule has 1 aliphatic rings. The van der Waals surface area contributed by atoms with Crippen molar-refractivity contribution in [2.75, 3.05) is 18.3 Å². The van der Waals surface area contributed by atoms with Gasteiger partial charge in [-0.05, 0) is 13.8 Å². The highest BCUT2D eigenvalue weighted by Crippen LogP contribution is 2.17. The van der Waals surface area contributed by atoms with Crippen molar-refractivity contribution >= 4 is 57.5 Å². The normalized spacial score (nSPS) is 18.8. The van der Waals surface area contributed by atoms with Gasteiger partial charge in [0, 0.05) is 5.38 Å². The predicted molar refractivity (Wildman–Crippen MR) is 100 cm³/mol. The number of ether oxygens (including phenoxy) is 1. The van der Waals surface area contributed by atoms with Crippen molar-refractivity contribution in [1.82, 2.24) is 15.6 Å². The number of nitrogens with zero attached hydrogens (tertiary/aromatic N) is 2. The summed E-state index contributed by atoms with van der Waals surface area (Å²) in [4.78, 5) is 56.6. The van der Waals surface area contributed by atoms with Crippen LogP contribution in [0, 0.1) is 0 Å². The van der Waals surface area contributed by atoms with Gasteiger partial charge in [-0.2, -0.15) is 0 Å². The fraction of sp³-hybridized carbons (Fsp3) is 0.467. The van der Waals surface area contributed by atoms with E-state index < -0.39 is 35.8 Å². The number of halogens is 1. The van der Waals surface area contributed by atoms with Crippen molar-refractivity contribution < 1.29 is 28.8 Å². The Kier molecular flexibility index (Phi) is 7.29. The summed E-state index contributed by atoms with van der Waals surface area (Å²) in [5.41, 5.74) is -0.109. The van der Waals surface area contributed by atoms with Gasteiger partial charge in [-0.15, -0.1) is 22.9 Å². The number of β-lactam (4-membered cyclic amide) rings is 1. The van der Waals surface area contributed by atoms with Gasteiger partial charge >= 0.3 is 5.97 Å². The molecule has 3 N–H and O–H groups in total. The van der Waals surface area contributed by atoms with Crippen LogP contribution in [0.1, 0.15) is 19.5 Å². The average molecular weight is 432 g/mol. The first-order chi connectivity index (χ1) is 13.3. The molecule has 2 heterocycles. The Morgan fingerprint density at radius 3 is 2.71 bits per heavy atom. The Labute approximate surface area is 168 Å². The van der Waals surface area contributed by atoms with E-state index in [0.717, 1.165) is 11.3 Å². The number of carbonyl (C=O) groups excluding carboxylic acids is 4. The van der Waals surface area contributed by atoms with E-state index in [4.69, 9.17) is 16.4 Å². The molecule has 1 aromatic rings. The van der Waals surface area contributed by atoms with Gasteiger partial charge in [0.25, 0.3) is 5.91 Å². The van der Waals surface area contributed by atoms with E-state index in [-0.39, 0.29) is 28.5 Å². The maximum absolute atomic E-state index is 12.7. The Balaban J connectivity index is 2.20. The van der Waals surface area contributed by atoms with Gasteiger partial charge in [0.2, 0.25) is 11.8 Å². The molecular weight excluding hydrogens is 414 g/mol. The van der Waals surface area contributed by atoms with E-state index in [9.17, 15) is 19.2 Å². The fourth-order valence-corrected chi connectivity index (χ4v) is 2.80. The number of methoxy groups -OCH3 is 1. The lowest BCUT2D eigenvalue weighted by Crippen LogP contribution is -2.72. The summed E-state index contributed by atoms with van der Waals surface area (Å²) >= 11 is 6.48. The number of aromatic nitrogens is 1. The number of esters is 1. The van der Waals surface area contributed by atoms with Crippen molar-refractivity contribution in [3.8, 4) is 0 Å². The molecule has 1 saturated heterocycles. The van der Waals surface area contributed by atoms with E-state index in [1.54, 1.807) is 13.8 Å². The van der Waals surface area contributed by atoms with E-state index >= 15 is 0 Å². The maximum atomic E-state index is 12.7. The number of amides is 3. The van der Waals surface area contributed by atoms with E-state index in [1.807, 2.05) is 0 Å². The van der Waals surface area contributed by atoms with E-state index in [1.165, 1.54) is 12.5 Å². The zero-order valence-electron chi connectivity index (χ0n) is 15.1. The number of hydrogen-bond donors (Lipinski definition) is 3. The Bertz CT molecular complexity index is 811. The zero-order chi connectivity index (χ0) is 20.8. The molecule has 2 atom stereocenters. The first-order valence-corrected chi connectivity index (χ1v) is 9.42. The smallest absolute Gasteiger partial charge is 0.331 e. The van der Waals surface area contributed by atoms with Crippen molar-refractivity contribution in [2.24, 2.45) is 5.16 Å². The van der Waals surface area contributed by atoms with Gasteiger partial charge in [-0.25, -0.2) is 9.78 Å². The van der Waals surface area contributed by atoms with Crippen molar-refractivity contribution in [1.29, 1.82) is 0 Å². The molecule has 3 amide bonds. The van der Waals surface area contributed by atoms with Crippen molar-refractivity contribution in [2.45, 2.75) is 32.0 Å². The second-order valence-corrected chi connectivity index (χ2v) is 6.90. The molecule has 13 heteroatoms. The molecule has 11 nitrogen and oxygen atoms in total. The lowest BCUT2D eigenvalue weighted by atomic mass is 9.99. The number of carbonyl (C=O) groups is 4. The standard InChI is InChI=1S/C15H18ClN5O6S/c1-6(2)27-21-9(7-5-28-15(17-7)18-8(22)4-16)12(23)19-10-11(14(25)26-3)20-13(10)24/h5-6,10-11H,4H2,1-3H3,(H,19,23)(H,20,24)(H,17,18,22)/t10-,11-/m0/s1. The zero-order valence-corrected chi connectivity index (χ0v) is 16.7. The molecule has 0 aliphatic carbocycles. The minimum absolute atomic E-state index is 0.113. The monoisotopic (exact) mass is 431 g/mol. The molecule has 1 aliphatic heterocycles. The molecule has 0 saturated carbocycles. The summed E-state index contributed by atoms with van der Waals surface area (Å²) in [6.07, 6.45) is -0.327. The van der Waals surface area contributed by atoms with Crippen LogP contribution in [0.15, 0.2) is 10.5 Å². The predicted octanol–water partition coefficient (Wildman–Crippen LogP) is -0.394. The number of alkyl halides is 1. The quantitative estimate of drug-likeness (QED) is 0.167. The van der Waals surface area contributed by atoms with Gasteiger partial charge < -0.3 is 25.5 Å².